The molecule has 0 aliphatic rings. The number of nitrogens with two attached hydrogens (primary N) is 1. The second-order valence-corrected chi connectivity index (χ2v) is 2.94. The topological polar surface area (TPSA) is 38.9 Å². The second-order valence-electron chi connectivity index (χ2n) is 2.94. The van der Waals surface area contributed by atoms with Gasteiger partial charge < -0.3 is 5.73 Å². The van der Waals surface area contributed by atoms with Crippen LogP contribution in [0.5, 0.6) is 0 Å². The lowest BCUT2D eigenvalue weighted by Crippen LogP contribution is -1.81. The van der Waals surface area contributed by atoms with Crippen LogP contribution in [0, 0.1) is 6.92 Å². The molecule has 2 nitrogen and oxygen atoms in total. The van der Waals surface area contributed by atoms with E-state index in [9.17, 15) is 0 Å². The predicted molar refractivity (Wildman–Crippen MR) is 59.8 cm³/mol. The summed E-state index contributed by atoms with van der Waals surface area (Å²) >= 11 is 0. The van der Waals surface area contributed by atoms with Gasteiger partial charge in [-0.2, -0.15) is 0 Å². The van der Waals surface area contributed by atoms with Crippen LogP contribution in [0.2, 0.25) is 0 Å². The van der Waals surface area contributed by atoms with Gasteiger partial charge in [0.05, 0.1) is 0 Å². The molecule has 2 aromatic rings. The lowest BCUT2D eigenvalue weighted by molar-refractivity contribution is 1.33. The minimum absolute atomic E-state index is 0.829. The first-order chi connectivity index (χ1) is 6.79. The smallest absolute Gasteiger partial charge is 0.0314 e. The van der Waals surface area contributed by atoms with E-state index in [1.807, 2.05) is 49.4 Å². The van der Waals surface area contributed by atoms with Gasteiger partial charge in [0.25, 0.3) is 0 Å². The highest BCUT2D eigenvalue weighted by molar-refractivity contribution is 5.38. The van der Waals surface area contributed by atoms with Crippen molar-refractivity contribution in [2.75, 3.05) is 5.73 Å². The Kier molecular flexibility index (Phi) is 4.21. The van der Waals surface area contributed by atoms with Gasteiger partial charge in [0, 0.05) is 18.1 Å². The van der Waals surface area contributed by atoms with Gasteiger partial charge in [-0.15, -0.1) is 0 Å². The van der Waals surface area contributed by atoms with E-state index in [-0.39, 0.29) is 0 Å². The number of pyridine rings is 1. The lowest BCUT2D eigenvalue weighted by Gasteiger charge is -1.90. The largest absolute Gasteiger partial charge is 0.399 e. The van der Waals surface area contributed by atoms with Crippen LogP contribution in [0.15, 0.2) is 54.9 Å². The highest BCUT2D eigenvalue weighted by Gasteiger charge is 1.80. The first kappa shape index (κ1) is 10.3. The standard InChI is InChI=1S/C7H9N.C5H5N/c1-6-2-4-7(8)5-3-6;1-2-4-6-5-3-1/h2-5H,8H2,1H3;1-5H. The summed E-state index contributed by atoms with van der Waals surface area (Å²) in [6.45, 7) is 2.04. The number of anilines is 1. The van der Waals surface area contributed by atoms with Crippen LogP contribution in [-0.4, -0.2) is 4.98 Å². The molecule has 0 radical (unpaired) electrons. The van der Waals surface area contributed by atoms with Gasteiger partial charge in [-0.3, -0.25) is 4.98 Å². The Labute approximate surface area is 84.4 Å². The molecule has 0 atom stereocenters. The molecule has 1 aromatic carbocycles. The van der Waals surface area contributed by atoms with Crippen molar-refractivity contribution in [2.24, 2.45) is 0 Å². The molecule has 72 valence electrons. The highest BCUT2D eigenvalue weighted by Crippen LogP contribution is 2.02. The number of benzene rings is 1. The van der Waals surface area contributed by atoms with E-state index >= 15 is 0 Å². The molecule has 2 N–H and O–H groups in total. The minimum atomic E-state index is 0.829. The monoisotopic (exact) mass is 186 g/mol. The zero-order valence-corrected chi connectivity index (χ0v) is 8.22. The first-order valence-corrected chi connectivity index (χ1v) is 4.46. The lowest BCUT2D eigenvalue weighted by atomic mass is 10.2. The Morgan fingerprint density at radius 2 is 1.50 bits per heavy atom. The van der Waals surface area contributed by atoms with Crippen molar-refractivity contribution in [2.45, 2.75) is 6.92 Å². The summed E-state index contributed by atoms with van der Waals surface area (Å²) in [7, 11) is 0. The maximum absolute atomic E-state index is 5.43. The van der Waals surface area contributed by atoms with E-state index < -0.39 is 0 Å². The van der Waals surface area contributed by atoms with Crippen LogP contribution in [0.25, 0.3) is 0 Å². The normalized spacial score (nSPS) is 8.64. The fraction of sp³-hybridized carbons (Fsp3) is 0.0833. The molecule has 2 rings (SSSR count). The van der Waals surface area contributed by atoms with Crippen LogP contribution >= 0.6 is 0 Å². The number of aryl methyl sites for hydroxylation is 1. The molecule has 2 heteroatoms. The van der Waals surface area contributed by atoms with E-state index in [1.54, 1.807) is 12.4 Å². The molecule has 14 heavy (non-hydrogen) atoms. The molecule has 0 aliphatic heterocycles. The molecule has 0 spiro atoms. The quantitative estimate of drug-likeness (QED) is 0.642. The van der Waals surface area contributed by atoms with Crippen LogP contribution in [-0.2, 0) is 0 Å². The number of hydrogen-bond donors (Lipinski definition) is 1. The van der Waals surface area contributed by atoms with Gasteiger partial charge in [0.15, 0.2) is 0 Å². The molecule has 0 saturated carbocycles. The number of nitrogen functional groups attached to an aromatic ring is 1. The average molecular weight is 186 g/mol. The Morgan fingerprint density at radius 3 is 1.79 bits per heavy atom. The van der Waals surface area contributed by atoms with Crippen molar-refractivity contribution in [3.05, 3.63) is 60.4 Å². The molecule has 0 amide bonds. The zero-order valence-electron chi connectivity index (χ0n) is 8.22. The number of nitrogens with zero attached hydrogens (tertiary/aromatic N) is 1. The first-order valence-electron chi connectivity index (χ1n) is 4.46. The van der Waals surface area contributed by atoms with Gasteiger partial charge in [0.2, 0.25) is 0 Å². The summed E-state index contributed by atoms with van der Waals surface area (Å²) in [5.74, 6) is 0. The van der Waals surface area contributed by atoms with Crippen LogP contribution in [0.1, 0.15) is 5.56 Å². The van der Waals surface area contributed by atoms with Crippen molar-refractivity contribution in [1.29, 1.82) is 0 Å². The maximum atomic E-state index is 5.43. The van der Waals surface area contributed by atoms with Crippen LogP contribution in [0.3, 0.4) is 0 Å². The summed E-state index contributed by atoms with van der Waals surface area (Å²) in [5.41, 5.74) is 7.51. The zero-order chi connectivity index (χ0) is 10.2. The molecule has 0 fully saturated rings. The number of rotatable bonds is 0. The molecule has 0 unspecified atom stereocenters. The van der Waals surface area contributed by atoms with Crippen molar-refractivity contribution in [3.63, 3.8) is 0 Å². The molecule has 1 aromatic heterocycles. The van der Waals surface area contributed by atoms with Crippen molar-refractivity contribution in [1.82, 2.24) is 4.98 Å². The summed E-state index contributed by atoms with van der Waals surface area (Å²) in [4.78, 5) is 3.78. The van der Waals surface area contributed by atoms with Crippen LogP contribution in [0.4, 0.5) is 5.69 Å². The molecule has 0 saturated heterocycles. The third kappa shape index (κ3) is 4.26. The molecular weight excluding hydrogens is 172 g/mol. The van der Waals surface area contributed by atoms with Gasteiger partial charge >= 0.3 is 0 Å². The van der Waals surface area contributed by atoms with E-state index in [0.29, 0.717) is 0 Å². The Bertz CT molecular complexity index is 293. The summed E-state index contributed by atoms with van der Waals surface area (Å²) in [6.07, 6.45) is 3.50. The van der Waals surface area contributed by atoms with Gasteiger partial charge in [-0.1, -0.05) is 23.8 Å². The van der Waals surface area contributed by atoms with Gasteiger partial charge in [-0.05, 0) is 31.2 Å². The maximum Gasteiger partial charge on any atom is 0.0314 e. The fourth-order valence-electron chi connectivity index (χ4n) is 0.879. The third-order valence-electron chi connectivity index (χ3n) is 1.64. The SMILES string of the molecule is Cc1ccc(N)cc1.c1ccncc1. The molecule has 0 bridgehead atoms. The fourth-order valence-corrected chi connectivity index (χ4v) is 0.879. The third-order valence-corrected chi connectivity index (χ3v) is 1.64. The minimum Gasteiger partial charge on any atom is -0.399 e. The van der Waals surface area contributed by atoms with Crippen LogP contribution < -0.4 is 5.73 Å². The van der Waals surface area contributed by atoms with E-state index in [2.05, 4.69) is 4.98 Å². The Balaban J connectivity index is 0.000000146. The van der Waals surface area contributed by atoms with E-state index in [0.717, 1.165) is 5.69 Å². The highest BCUT2D eigenvalue weighted by atomic mass is 14.6. The van der Waals surface area contributed by atoms with Crippen molar-refractivity contribution >= 4 is 5.69 Å². The molecule has 1 heterocycles. The van der Waals surface area contributed by atoms with E-state index in [4.69, 9.17) is 5.73 Å². The summed E-state index contributed by atoms with van der Waals surface area (Å²) in [5, 5.41) is 0. The van der Waals surface area contributed by atoms with Gasteiger partial charge in [0.1, 0.15) is 0 Å². The Morgan fingerprint density at radius 1 is 0.929 bits per heavy atom. The summed E-state index contributed by atoms with van der Waals surface area (Å²) in [6, 6.07) is 13.5. The van der Waals surface area contributed by atoms with Crippen molar-refractivity contribution in [3.8, 4) is 0 Å². The average Bonchev–Trinajstić information content (AvgIpc) is 2.26. The van der Waals surface area contributed by atoms with E-state index in [1.165, 1.54) is 5.56 Å². The second kappa shape index (κ2) is 5.75. The van der Waals surface area contributed by atoms with Crippen molar-refractivity contribution < 1.29 is 0 Å². The molecular formula is C12H14N2. The predicted octanol–water partition coefficient (Wildman–Crippen LogP) is 2.66. The summed E-state index contributed by atoms with van der Waals surface area (Å²) < 4.78 is 0. The Hall–Kier alpha value is -1.83. The number of hydrogen-bond acceptors (Lipinski definition) is 2. The molecule has 0 aliphatic carbocycles. The number of aromatic nitrogens is 1. The van der Waals surface area contributed by atoms with Gasteiger partial charge in [-0.25, -0.2) is 0 Å².